The van der Waals surface area contributed by atoms with Crippen molar-refractivity contribution in [2.75, 3.05) is 42.3 Å². The van der Waals surface area contributed by atoms with Crippen molar-refractivity contribution < 1.29 is 13.2 Å². The quantitative estimate of drug-likeness (QED) is 0.671. The highest BCUT2D eigenvalue weighted by Crippen LogP contribution is 2.33. The van der Waals surface area contributed by atoms with Crippen LogP contribution in [-0.2, 0) is 21.1 Å². The molecule has 0 spiro atoms. The Bertz CT molecular complexity index is 1210. The van der Waals surface area contributed by atoms with Gasteiger partial charge in [-0.15, -0.1) is 0 Å². The molecule has 5 rings (SSSR count). The van der Waals surface area contributed by atoms with Gasteiger partial charge in [-0.25, -0.2) is 8.42 Å². The lowest BCUT2D eigenvalue weighted by molar-refractivity contribution is -0.0461. The summed E-state index contributed by atoms with van der Waals surface area (Å²) in [6.45, 7) is 2.74. The van der Waals surface area contributed by atoms with Crippen molar-refractivity contribution in [1.82, 2.24) is 0 Å². The molecule has 7 heteroatoms. The summed E-state index contributed by atoms with van der Waals surface area (Å²) in [6, 6.07) is 19.7. The zero-order valence-corrected chi connectivity index (χ0v) is 17.5. The number of nitrogens with two attached hydrogens (primary N) is 1. The predicted molar refractivity (Wildman–Crippen MR) is 120 cm³/mol. The van der Waals surface area contributed by atoms with Crippen LogP contribution in [0.25, 0.3) is 10.8 Å². The van der Waals surface area contributed by atoms with E-state index in [0.717, 1.165) is 27.7 Å². The fourth-order valence-electron chi connectivity index (χ4n) is 4.14. The molecule has 0 aliphatic carbocycles. The summed E-state index contributed by atoms with van der Waals surface area (Å²) >= 11 is 0. The maximum Gasteiger partial charge on any atom is 0.180 e. The van der Waals surface area contributed by atoms with Gasteiger partial charge in [0.15, 0.2) is 9.84 Å². The Morgan fingerprint density at radius 3 is 2.63 bits per heavy atom. The highest BCUT2D eigenvalue weighted by atomic mass is 32.2. The number of nitrogens with one attached hydrogen (secondary N) is 1. The van der Waals surface area contributed by atoms with Crippen LogP contribution in [0.5, 0.6) is 0 Å². The van der Waals surface area contributed by atoms with Crippen molar-refractivity contribution >= 4 is 32.0 Å². The average molecular weight is 424 g/mol. The zero-order chi connectivity index (χ0) is 20.8. The van der Waals surface area contributed by atoms with Crippen LogP contribution in [0.2, 0.25) is 0 Å². The lowest BCUT2D eigenvalue weighted by Gasteiger charge is -2.38. The summed E-state index contributed by atoms with van der Waals surface area (Å²) in [5, 5.41) is 5.73. The summed E-state index contributed by atoms with van der Waals surface area (Å²) in [5.74, 6) is 0.100. The van der Waals surface area contributed by atoms with Gasteiger partial charge in [0, 0.05) is 36.4 Å². The molecule has 0 radical (unpaired) electrons. The van der Waals surface area contributed by atoms with Gasteiger partial charge < -0.3 is 20.7 Å². The maximum atomic E-state index is 12.7. The molecular weight excluding hydrogens is 398 g/mol. The Labute approximate surface area is 176 Å². The van der Waals surface area contributed by atoms with Crippen molar-refractivity contribution in [2.24, 2.45) is 5.73 Å². The van der Waals surface area contributed by atoms with E-state index >= 15 is 0 Å². The molecule has 0 atom stereocenters. The van der Waals surface area contributed by atoms with Crippen molar-refractivity contribution in [3.8, 4) is 0 Å². The van der Waals surface area contributed by atoms with E-state index in [1.165, 1.54) is 0 Å². The lowest BCUT2D eigenvalue weighted by atomic mass is 9.98. The van der Waals surface area contributed by atoms with Gasteiger partial charge in [-0.05, 0) is 29.1 Å². The summed E-state index contributed by atoms with van der Waals surface area (Å²) in [4.78, 5) is 2.59. The number of hydrogen-bond acceptors (Lipinski definition) is 6. The highest BCUT2D eigenvalue weighted by Gasteiger charge is 2.34. The van der Waals surface area contributed by atoms with Gasteiger partial charge in [-0.1, -0.05) is 42.5 Å². The Kier molecular flexibility index (Phi) is 4.69. The molecule has 3 N–H and O–H groups in total. The normalized spacial score (nSPS) is 19.6. The second-order valence-corrected chi connectivity index (χ2v) is 10.3. The summed E-state index contributed by atoms with van der Waals surface area (Å²) in [6.07, 6.45) is 0. The molecule has 1 fully saturated rings. The number of benzene rings is 3. The minimum Gasteiger partial charge on any atom is -0.382 e. The molecule has 2 heterocycles. The van der Waals surface area contributed by atoms with Gasteiger partial charge >= 0.3 is 0 Å². The number of hydrogen-bond donors (Lipinski definition) is 2. The van der Waals surface area contributed by atoms with Crippen LogP contribution >= 0.6 is 0 Å². The van der Waals surface area contributed by atoms with Gasteiger partial charge in [-0.3, -0.25) is 0 Å². The minimum atomic E-state index is -3.29. The van der Waals surface area contributed by atoms with Crippen molar-refractivity contribution in [3.05, 3.63) is 66.2 Å². The van der Waals surface area contributed by atoms with Crippen LogP contribution in [0.3, 0.4) is 0 Å². The Morgan fingerprint density at radius 1 is 1.07 bits per heavy atom. The van der Waals surface area contributed by atoms with Crippen LogP contribution < -0.4 is 16.0 Å². The van der Waals surface area contributed by atoms with Crippen LogP contribution in [0.4, 0.5) is 11.4 Å². The van der Waals surface area contributed by atoms with Gasteiger partial charge in [-0.2, -0.15) is 0 Å². The minimum absolute atomic E-state index is 0.100. The third-order valence-corrected chi connectivity index (χ3v) is 7.71. The maximum absolute atomic E-state index is 12.7. The molecule has 3 aromatic rings. The Balaban J connectivity index is 1.53. The van der Waals surface area contributed by atoms with Crippen molar-refractivity contribution in [1.29, 1.82) is 0 Å². The SMILES string of the molecule is NC1(CNc2cc(N3CCS(=O)(=O)c4ccccc4C3)cc3ccccc23)COC1. The van der Waals surface area contributed by atoms with E-state index in [-0.39, 0.29) is 11.3 Å². The van der Waals surface area contributed by atoms with Gasteiger partial charge in [0.25, 0.3) is 0 Å². The molecular formula is C23H25N3O3S. The first-order valence-electron chi connectivity index (χ1n) is 10.1. The number of sulfone groups is 1. The van der Waals surface area contributed by atoms with Gasteiger partial charge in [0.1, 0.15) is 0 Å². The molecule has 3 aromatic carbocycles. The number of fused-ring (bicyclic) bond motifs is 2. The molecule has 156 valence electrons. The van der Waals surface area contributed by atoms with E-state index in [1.807, 2.05) is 24.3 Å². The Hall–Kier alpha value is -2.61. The first-order chi connectivity index (χ1) is 14.4. The Morgan fingerprint density at radius 2 is 1.83 bits per heavy atom. The summed E-state index contributed by atoms with van der Waals surface area (Å²) in [5.41, 5.74) is 8.81. The number of rotatable bonds is 4. The third-order valence-electron chi connectivity index (χ3n) is 5.92. The second kappa shape index (κ2) is 7.27. The average Bonchev–Trinajstić information content (AvgIpc) is 2.86. The molecule has 0 bridgehead atoms. The topological polar surface area (TPSA) is 84.7 Å². The van der Waals surface area contributed by atoms with Crippen molar-refractivity contribution in [2.45, 2.75) is 17.0 Å². The standard InChI is InChI=1S/C23H25N3O3S/c24-23(15-29-16-23)14-25-21-12-19(11-17-5-1-3-7-20(17)21)26-9-10-30(27,28)22-8-4-2-6-18(22)13-26/h1-8,11-12,25H,9-10,13-16,24H2. The molecule has 2 aliphatic rings. The van der Waals surface area contributed by atoms with E-state index in [4.69, 9.17) is 10.5 Å². The molecule has 30 heavy (non-hydrogen) atoms. The van der Waals surface area contributed by atoms with Gasteiger partial charge in [0.2, 0.25) is 0 Å². The van der Waals surface area contributed by atoms with Gasteiger partial charge in [0.05, 0.1) is 29.4 Å². The zero-order valence-electron chi connectivity index (χ0n) is 16.7. The molecule has 0 saturated carbocycles. The second-order valence-electron chi connectivity index (χ2n) is 8.27. The summed E-state index contributed by atoms with van der Waals surface area (Å²) in [7, 11) is -3.29. The predicted octanol–water partition coefficient (Wildman–Crippen LogP) is 2.77. The van der Waals surface area contributed by atoms with Crippen LogP contribution in [0.15, 0.2) is 65.6 Å². The number of anilines is 2. The lowest BCUT2D eigenvalue weighted by Crippen LogP contribution is -2.61. The molecule has 6 nitrogen and oxygen atoms in total. The number of ether oxygens (including phenoxy) is 1. The highest BCUT2D eigenvalue weighted by molar-refractivity contribution is 7.91. The van der Waals surface area contributed by atoms with E-state index in [0.29, 0.717) is 37.7 Å². The largest absolute Gasteiger partial charge is 0.382 e. The monoisotopic (exact) mass is 423 g/mol. The van der Waals surface area contributed by atoms with E-state index < -0.39 is 9.84 Å². The molecule has 2 aliphatic heterocycles. The third kappa shape index (κ3) is 3.53. The van der Waals surface area contributed by atoms with E-state index in [1.54, 1.807) is 12.1 Å². The smallest absolute Gasteiger partial charge is 0.180 e. The molecule has 1 saturated heterocycles. The van der Waals surface area contributed by atoms with Crippen LogP contribution in [-0.4, -0.2) is 46.0 Å². The molecule has 0 unspecified atom stereocenters. The fourth-order valence-corrected chi connectivity index (χ4v) is 5.64. The van der Waals surface area contributed by atoms with Crippen LogP contribution in [0.1, 0.15) is 5.56 Å². The first kappa shape index (κ1) is 19.4. The molecule has 0 amide bonds. The summed E-state index contributed by atoms with van der Waals surface area (Å²) < 4.78 is 30.7. The van der Waals surface area contributed by atoms with Crippen molar-refractivity contribution in [3.63, 3.8) is 0 Å². The van der Waals surface area contributed by atoms with Crippen LogP contribution in [0, 0.1) is 0 Å². The number of nitrogens with zero attached hydrogens (tertiary/aromatic N) is 1. The molecule has 0 aromatic heterocycles. The van der Waals surface area contributed by atoms with E-state index in [9.17, 15) is 8.42 Å². The van der Waals surface area contributed by atoms with E-state index in [2.05, 4.69) is 34.5 Å². The fraction of sp³-hybridized carbons (Fsp3) is 0.304. The first-order valence-corrected chi connectivity index (χ1v) is 11.8.